The number of rotatable bonds is 7. The molecule has 8 nitrogen and oxygen atoms in total. The van der Waals surface area contributed by atoms with E-state index in [1.807, 2.05) is 11.0 Å². The molecule has 0 spiro atoms. The van der Waals surface area contributed by atoms with Crippen molar-refractivity contribution < 1.29 is 19.4 Å². The number of aromatic nitrogens is 2. The van der Waals surface area contributed by atoms with Crippen LogP contribution in [0.3, 0.4) is 0 Å². The van der Waals surface area contributed by atoms with Crippen LogP contribution < -0.4 is 0 Å². The molecule has 2 aliphatic rings. The van der Waals surface area contributed by atoms with Crippen molar-refractivity contribution in [3.63, 3.8) is 0 Å². The average molecular weight is 364 g/mol. The van der Waals surface area contributed by atoms with Crippen LogP contribution in [0.5, 0.6) is 0 Å². The fourth-order valence-corrected chi connectivity index (χ4v) is 3.70. The number of ether oxygens (including phenoxy) is 1. The first-order chi connectivity index (χ1) is 12.6. The maximum absolute atomic E-state index is 12.5. The second-order valence-electron chi connectivity index (χ2n) is 7.07. The Kier molecular flexibility index (Phi) is 6.62. The molecule has 1 aromatic rings. The summed E-state index contributed by atoms with van der Waals surface area (Å²) in [4.78, 5) is 27.6. The Hall–Kier alpha value is -1.93. The normalized spacial score (nSPS) is 21.7. The minimum atomic E-state index is -0.902. The zero-order valence-electron chi connectivity index (χ0n) is 15.2. The summed E-state index contributed by atoms with van der Waals surface area (Å²) in [5.74, 6) is -0.490. The van der Waals surface area contributed by atoms with Gasteiger partial charge in [0.05, 0.1) is 18.9 Å². The quantitative estimate of drug-likeness (QED) is 0.769. The first kappa shape index (κ1) is 18.8. The van der Waals surface area contributed by atoms with Gasteiger partial charge in [0.1, 0.15) is 6.54 Å². The molecule has 1 N–H and O–H groups in total. The van der Waals surface area contributed by atoms with Crippen LogP contribution in [0.1, 0.15) is 37.3 Å². The van der Waals surface area contributed by atoms with Crippen molar-refractivity contribution in [1.82, 2.24) is 19.6 Å². The molecule has 0 saturated carbocycles. The number of nitrogens with zero attached hydrogens (tertiary/aromatic N) is 4. The van der Waals surface area contributed by atoms with Gasteiger partial charge in [0.25, 0.3) is 0 Å². The Labute approximate surface area is 153 Å². The average Bonchev–Trinajstić information content (AvgIpc) is 3.10. The first-order valence-corrected chi connectivity index (χ1v) is 9.45. The van der Waals surface area contributed by atoms with E-state index in [-0.39, 0.29) is 18.4 Å². The molecule has 0 radical (unpaired) electrons. The van der Waals surface area contributed by atoms with Crippen LogP contribution in [-0.2, 0) is 20.9 Å². The van der Waals surface area contributed by atoms with E-state index in [4.69, 9.17) is 9.84 Å². The summed E-state index contributed by atoms with van der Waals surface area (Å²) in [7, 11) is 0. The number of carboxylic acid groups (broad SMARTS) is 1. The SMILES string of the molecule is O=C(O)Cn1ccc([C@@H]2CCCN(C(=O)CCCN3CCOCC3)C2)n1. The predicted molar refractivity (Wildman–Crippen MR) is 94.9 cm³/mol. The fraction of sp³-hybridized carbons (Fsp3) is 0.722. The van der Waals surface area contributed by atoms with E-state index in [0.29, 0.717) is 13.0 Å². The molecule has 144 valence electrons. The number of aliphatic carboxylic acids is 1. The molecule has 1 aromatic heterocycles. The molecule has 2 fully saturated rings. The summed E-state index contributed by atoms with van der Waals surface area (Å²) < 4.78 is 6.79. The van der Waals surface area contributed by atoms with Gasteiger partial charge in [-0.1, -0.05) is 0 Å². The van der Waals surface area contributed by atoms with Crippen molar-refractivity contribution in [2.45, 2.75) is 38.1 Å². The van der Waals surface area contributed by atoms with Gasteiger partial charge >= 0.3 is 5.97 Å². The fourth-order valence-electron chi connectivity index (χ4n) is 3.70. The third kappa shape index (κ3) is 5.28. The zero-order valence-corrected chi connectivity index (χ0v) is 15.2. The van der Waals surface area contributed by atoms with E-state index in [1.165, 1.54) is 4.68 Å². The Morgan fingerprint density at radius 2 is 2.08 bits per heavy atom. The zero-order chi connectivity index (χ0) is 18.4. The van der Waals surface area contributed by atoms with Gasteiger partial charge in [-0.05, 0) is 31.9 Å². The molecule has 3 rings (SSSR count). The molecule has 2 aliphatic heterocycles. The molecule has 0 aromatic carbocycles. The summed E-state index contributed by atoms with van der Waals surface area (Å²) in [6.07, 6.45) is 5.12. The second-order valence-corrected chi connectivity index (χ2v) is 7.07. The molecule has 0 aliphatic carbocycles. The lowest BCUT2D eigenvalue weighted by molar-refractivity contribution is -0.138. The highest BCUT2D eigenvalue weighted by molar-refractivity contribution is 5.76. The van der Waals surface area contributed by atoms with Crippen LogP contribution in [0, 0.1) is 0 Å². The predicted octanol–water partition coefficient (Wildman–Crippen LogP) is 0.786. The number of hydrogen-bond acceptors (Lipinski definition) is 5. The van der Waals surface area contributed by atoms with Gasteiger partial charge < -0.3 is 14.7 Å². The van der Waals surface area contributed by atoms with Gasteiger partial charge in [-0.25, -0.2) is 0 Å². The van der Waals surface area contributed by atoms with Crippen LogP contribution in [0.25, 0.3) is 0 Å². The third-order valence-electron chi connectivity index (χ3n) is 5.12. The largest absolute Gasteiger partial charge is 0.480 e. The van der Waals surface area contributed by atoms with Gasteiger partial charge in [-0.2, -0.15) is 5.10 Å². The molecular weight excluding hydrogens is 336 g/mol. The van der Waals surface area contributed by atoms with E-state index in [0.717, 1.165) is 64.3 Å². The van der Waals surface area contributed by atoms with Crippen molar-refractivity contribution in [2.24, 2.45) is 0 Å². The summed E-state index contributed by atoms with van der Waals surface area (Å²) in [6.45, 7) is 5.80. The van der Waals surface area contributed by atoms with E-state index in [1.54, 1.807) is 6.20 Å². The number of piperidine rings is 1. The van der Waals surface area contributed by atoms with Gasteiger partial charge in [0, 0.05) is 44.7 Å². The monoisotopic (exact) mass is 364 g/mol. The molecule has 26 heavy (non-hydrogen) atoms. The smallest absolute Gasteiger partial charge is 0.325 e. The van der Waals surface area contributed by atoms with Crippen LogP contribution in [-0.4, -0.2) is 82.5 Å². The van der Waals surface area contributed by atoms with Gasteiger partial charge in [-0.3, -0.25) is 19.2 Å². The molecule has 8 heteroatoms. The van der Waals surface area contributed by atoms with E-state index in [9.17, 15) is 9.59 Å². The van der Waals surface area contributed by atoms with Crippen molar-refractivity contribution in [2.75, 3.05) is 45.9 Å². The summed E-state index contributed by atoms with van der Waals surface area (Å²) in [5.41, 5.74) is 0.886. The molecule has 1 amide bonds. The Balaban J connectivity index is 1.45. The number of carbonyl (C=O) groups is 2. The number of carbonyl (C=O) groups excluding carboxylic acids is 1. The number of likely N-dealkylation sites (tertiary alicyclic amines) is 1. The van der Waals surface area contributed by atoms with Crippen LogP contribution >= 0.6 is 0 Å². The lowest BCUT2D eigenvalue weighted by Crippen LogP contribution is -2.40. The van der Waals surface area contributed by atoms with Gasteiger partial charge in [0.2, 0.25) is 5.91 Å². The minimum Gasteiger partial charge on any atom is -0.480 e. The maximum Gasteiger partial charge on any atom is 0.325 e. The van der Waals surface area contributed by atoms with Gasteiger partial charge in [-0.15, -0.1) is 0 Å². The maximum atomic E-state index is 12.5. The van der Waals surface area contributed by atoms with Crippen molar-refractivity contribution in [3.05, 3.63) is 18.0 Å². The number of morpholine rings is 1. The van der Waals surface area contributed by atoms with E-state index in [2.05, 4.69) is 10.00 Å². The molecule has 0 unspecified atom stereocenters. The first-order valence-electron chi connectivity index (χ1n) is 9.45. The summed E-state index contributed by atoms with van der Waals surface area (Å²) in [6, 6.07) is 1.88. The summed E-state index contributed by atoms with van der Waals surface area (Å²) in [5, 5.41) is 13.2. The second kappa shape index (κ2) is 9.14. The Morgan fingerprint density at radius 3 is 2.85 bits per heavy atom. The molecule has 1 atom stereocenters. The number of carboxylic acids is 1. The van der Waals surface area contributed by atoms with Crippen LogP contribution in [0.15, 0.2) is 12.3 Å². The Bertz CT molecular complexity index is 612. The lowest BCUT2D eigenvalue weighted by atomic mass is 9.94. The van der Waals surface area contributed by atoms with Crippen molar-refractivity contribution >= 4 is 11.9 Å². The van der Waals surface area contributed by atoms with E-state index < -0.39 is 5.97 Å². The highest BCUT2D eigenvalue weighted by Gasteiger charge is 2.26. The van der Waals surface area contributed by atoms with Gasteiger partial charge in [0.15, 0.2) is 0 Å². The summed E-state index contributed by atoms with van der Waals surface area (Å²) >= 11 is 0. The highest BCUT2D eigenvalue weighted by Crippen LogP contribution is 2.26. The van der Waals surface area contributed by atoms with Crippen LogP contribution in [0.4, 0.5) is 0 Å². The van der Waals surface area contributed by atoms with E-state index >= 15 is 0 Å². The molecule has 3 heterocycles. The van der Waals surface area contributed by atoms with Crippen molar-refractivity contribution in [1.29, 1.82) is 0 Å². The van der Waals surface area contributed by atoms with Crippen LogP contribution in [0.2, 0.25) is 0 Å². The minimum absolute atomic E-state index is 0.128. The highest BCUT2D eigenvalue weighted by atomic mass is 16.5. The molecular formula is C18H28N4O4. The molecule has 2 saturated heterocycles. The number of hydrogen-bond donors (Lipinski definition) is 1. The standard InChI is InChI=1S/C18H28N4O4/c23-17(4-2-6-20-9-11-26-12-10-20)21-7-1-3-15(13-21)16-5-8-22(19-16)14-18(24)25/h5,8,15H,1-4,6-7,9-14H2,(H,24,25)/t15-/m1/s1. The Morgan fingerprint density at radius 1 is 1.27 bits per heavy atom. The lowest BCUT2D eigenvalue weighted by Gasteiger charge is -2.32. The third-order valence-corrected chi connectivity index (χ3v) is 5.12. The number of amides is 1. The molecule has 0 bridgehead atoms. The topological polar surface area (TPSA) is 87.9 Å². The van der Waals surface area contributed by atoms with Crippen molar-refractivity contribution in [3.8, 4) is 0 Å².